The van der Waals surface area contributed by atoms with Crippen LogP contribution >= 0.6 is 0 Å². The zero-order valence-corrected chi connectivity index (χ0v) is 12.0. The number of allylic oxidation sites excluding steroid dienone is 1. The van der Waals surface area contributed by atoms with Gasteiger partial charge in [0.2, 0.25) is 0 Å². The highest BCUT2D eigenvalue weighted by Gasteiger charge is 2.24. The molecule has 0 bridgehead atoms. The van der Waals surface area contributed by atoms with Gasteiger partial charge in [0.1, 0.15) is 0 Å². The first kappa shape index (κ1) is 12.4. The zero-order chi connectivity index (χ0) is 14.2. The molecule has 2 aromatic heterocycles. The lowest BCUT2D eigenvalue weighted by molar-refractivity contribution is 0.289. The van der Waals surface area contributed by atoms with Crippen molar-refractivity contribution in [3.05, 3.63) is 42.6 Å². The van der Waals surface area contributed by atoms with E-state index in [4.69, 9.17) is 0 Å². The largest absolute Gasteiger partial charge is 0.319 e. The Balaban J connectivity index is 1.63. The van der Waals surface area contributed by atoms with Crippen molar-refractivity contribution in [1.29, 1.82) is 0 Å². The van der Waals surface area contributed by atoms with Crippen molar-refractivity contribution < 1.29 is 0 Å². The van der Waals surface area contributed by atoms with Crippen LogP contribution in [-0.2, 0) is 7.05 Å². The summed E-state index contributed by atoms with van der Waals surface area (Å²) in [4.78, 5) is 6.72. The van der Waals surface area contributed by atoms with Crippen LogP contribution in [0.4, 0.5) is 5.69 Å². The Morgan fingerprint density at radius 3 is 2.76 bits per heavy atom. The summed E-state index contributed by atoms with van der Waals surface area (Å²) in [5.41, 5.74) is 2.15. The number of aryl methyl sites for hydroxylation is 1. The number of aliphatic imine (C=N–C) groups is 1. The molecule has 108 valence electrons. The fraction of sp³-hybridized carbons (Fsp3) is 0.400. The SMILES string of the molecule is Cn1cc(C2N=CC=CN2c2cnn(C3CCC3)c2)cn1. The lowest BCUT2D eigenvalue weighted by atomic mass is 9.93. The maximum absolute atomic E-state index is 4.58. The second kappa shape index (κ2) is 4.87. The van der Waals surface area contributed by atoms with Gasteiger partial charge < -0.3 is 4.90 Å². The fourth-order valence-corrected chi connectivity index (χ4v) is 2.78. The lowest BCUT2D eigenvalue weighted by Gasteiger charge is -2.28. The van der Waals surface area contributed by atoms with Gasteiger partial charge in [-0.15, -0.1) is 0 Å². The number of anilines is 1. The lowest BCUT2D eigenvalue weighted by Crippen LogP contribution is -2.23. The molecule has 1 aliphatic heterocycles. The zero-order valence-electron chi connectivity index (χ0n) is 12.0. The third kappa shape index (κ3) is 2.16. The second-order valence-electron chi connectivity index (χ2n) is 5.63. The summed E-state index contributed by atoms with van der Waals surface area (Å²) in [7, 11) is 1.92. The quantitative estimate of drug-likeness (QED) is 0.869. The van der Waals surface area contributed by atoms with Crippen LogP contribution in [0, 0.1) is 0 Å². The third-order valence-electron chi connectivity index (χ3n) is 4.18. The van der Waals surface area contributed by atoms with Crippen LogP contribution in [0.5, 0.6) is 0 Å². The first-order valence-corrected chi connectivity index (χ1v) is 7.32. The molecule has 6 nitrogen and oxygen atoms in total. The van der Waals surface area contributed by atoms with Gasteiger partial charge >= 0.3 is 0 Å². The van der Waals surface area contributed by atoms with Crippen LogP contribution in [0.3, 0.4) is 0 Å². The maximum atomic E-state index is 4.58. The molecular formula is C15H18N6. The Morgan fingerprint density at radius 1 is 1.14 bits per heavy atom. The fourth-order valence-electron chi connectivity index (χ4n) is 2.78. The van der Waals surface area contributed by atoms with Crippen LogP contribution in [-0.4, -0.2) is 25.8 Å². The van der Waals surface area contributed by atoms with Crippen molar-refractivity contribution in [3.63, 3.8) is 0 Å². The molecule has 6 heteroatoms. The number of hydrogen-bond acceptors (Lipinski definition) is 4. The third-order valence-corrected chi connectivity index (χ3v) is 4.18. The molecule has 21 heavy (non-hydrogen) atoms. The van der Waals surface area contributed by atoms with Crippen LogP contribution in [0.25, 0.3) is 0 Å². The summed E-state index contributed by atoms with van der Waals surface area (Å²) in [6, 6.07) is 0.577. The van der Waals surface area contributed by atoms with E-state index < -0.39 is 0 Å². The van der Waals surface area contributed by atoms with Gasteiger partial charge in [-0.1, -0.05) is 0 Å². The van der Waals surface area contributed by atoms with Gasteiger partial charge in [0, 0.05) is 37.4 Å². The van der Waals surface area contributed by atoms with Gasteiger partial charge in [-0.05, 0) is 25.3 Å². The summed E-state index contributed by atoms with van der Waals surface area (Å²) in [5, 5.41) is 8.76. The van der Waals surface area contributed by atoms with E-state index in [1.807, 2.05) is 44.1 Å². The van der Waals surface area contributed by atoms with Crippen molar-refractivity contribution in [2.24, 2.45) is 12.0 Å². The van der Waals surface area contributed by atoms with Gasteiger partial charge in [-0.3, -0.25) is 14.4 Å². The Morgan fingerprint density at radius 2 is 2.05 bits per heavy atom. The Labute approximate surface area is 123 Å². The summed E-state index contributed by atoms with van der Waals surface area (Å²) >= 11 is 0. The van der Waals surface area contributed by atoms with E-state index in [9.17, 15) is 0 Å². The molecule has 0 saturated heterocycles. The van der Waals surface area contributed by atoms with Crippen LogP contribution in [0.15, 0.2) is 42.1 Å². The maximum Gasteiger partial charge on any atom is 0.153 e. The molecular weight excluding hydrogens is 264 g/mol. The van der Waals surface area contributed by atoms with E-state index >= 15 is 0 Å². The molecule has 0 aromatic carbocycles. The molecule has 0 amide bonds. The number of nitrogens with zero attached hydrogens (tertiary/aromatic N) is 6. The van der Waals surface area contributed by atoms with Gasteiger partial charge in [-0.2, -0.15) is 10.2 Å². The molecule has 0 spiro atoms. The van der Waals surface area contributed by atoms with E-state index in [1.54, 1.807) is 4.68 Å². The molecule has 1 unspecified atom stereocenters. The minimum atomic E-state index is -0.0669. The van der Waals surface area contributed by atoms with Crippen molar-refractivity contribution in [2.75, 3.05) is 4.90 Å². The van der Waals surface area contributed by atoms with E-state index in [0.29, 0.717) is 6.04 Å². The van der Waals surface area contributed by atoms with Crippen LogP contribution in [0.2, 0.25) is 0 Å². The first-order valence-electron chi connectivity index (χ1n) is 7.32. The highest BCUT2D eigenvalue weighted by atomic mass is 15.3. The van der Waals surface area contributed by atoms with E-state index in [1.165, 1.54) is 19.3 Å². The van der Waals surface area contributed by atoms with Crippen molar-refractivity contribution in [2.45, 2.75) is 31.5 Å². The molecule has 0 N–H and O–H groups in total. The van der Waals surface area contributed by atoms with Gasteiger partial charge in [-0.25, -0.2) is 0 Å². The van der Waals surface area contributed by atoms with Crippen LogP contribution in [0.1, 0.15) is 37.0 Å². The van der Waals surface area contributed by atoms with E-state index in [-0.39, 0.29) is 6.17 Å². The number of hydrogen-bond donors (Lipinski definition) is 0. The molecule has 1 aliphatic carbocycles. The Kier molecular flexibility index (Phi) is 2.87. The Bertz CT molecular complexity index is 691. The number of aromatic nitrogens is 4. The van der Waals surface area contributed by atoms with Crippen molar-refractivity contribution >= 4 is 11.9 Å². The average molecular weight is 282 g/mol. The molecule has 3 heterocycles. The van der Waals surface area contributed by atoms with Gasteiger partial charge in [0.05, 0.1) is 24.1 Å². The van der Waals surface area contributed by atoms with E-state index in [0.717, 1.165) is 11.3 Å². The summed E-state index contributed by atoms with van der Waals surface area (Å²) in [6.45, 7) is 0. The Hall–Kier alpha value is -2.37. The van der Waals surface area contributed by atoms with Crippen LogP contribution < -0.4 is 4.90 Å². The summed E-state index contributed by atoms with van der Waals surface area (Å²) in [6.07, 6.45) is 17.5. The molecule has 1 saturated carbocycles. The standard InChI is InChI=1S/C15H18N6/c1-19-10-12(8-17-19)15-16-6-3-7-20(15)14-9-18-21(11-14)13-4-2-5-13/h3,6-11,13,15H,2,4-5H2,1H3. The summed E-state index contributed by atoms with van der Waals surface area (Å²) < 4.78 is 3.89. The second-order valence-corrected chi connectivity index (χ2v) is 5.63. The normalized spacial score (nSPS) is 21.8. The minimum Gasteiger partial charge on any atom is -0.319 e. The van der Waals surface area contributed by atoms with Gasteiger partial charge in [0.25, 0.3) is 0 Å². The minimum absolute atomic E-state index is 0.0669. The van der Waals surface area contributed by atoms with E-state index in [2.05, 4.69) is 31.0 Å². The molecule has 2 aliphatic rings. The molecule has 1 atom stereocenters. The predicted octanol–water partition coefficient (Wildman–Crippen LogP) is 2.44. The number of rotatable bonds is 3. The first-order chi connectivity index (χ1) is 10.3. The highest BCUT2D eigenvalue weighted by molar-refractivity contribution is 5.75. The molecule has 1 fully saturated rings. The average Bonchev–Trinajstić information content (AvgIpc) is 3.06. The smallest absolute Gasteiger partial charge is 0.153 e. The van der Waals surface area contributed by atoms with Crippen molar-refractivity contribution in [1.82, 2.24) is 19.6 Å². The van der Waals surface area contributed by atoms with Crippen molar-refractivity contribution in [3.8, 4) is 0 Å². The summed E-state index contributed by atoms with van der Waals surface area (Å²) in [5.74, 6) is 0. The molecule has 4 rings (SSSR count). The topological polar surface area (TPSA) is 51.2 Å². The molecule has 0 radical (unpaired) electrons. The highest BCUT2D eigenvalue weighted by Crippen LogP contribution is 2.34. The monoisotopic (exact) mass is 282 g/mol. The predicted molar refractivity (Wildman–Crippen MR) is 81.2 cm³/mol. The molecule has 2 aromatic rings. The van der Waals surface area contributed by atoms with Gasteiger partial charge in [0.15, 0.2) is 6.17 Å².